The Balaban J connectivity index is 1.48. The topological polar surface area (TPSA) is 96.4 Å². The van der Waals surface area contributed by atoms with E-state index in [2.05, 4.69) is 30.6 Å². The van der Waals surface area contributed by atoms with Gasteiger partial charge in [-0.15, -0.1) is 13.2 Å². The maximum Gasteiger partial charge on any atom is 0.573 e. The zero-order valence-electron chi connectivity index (χ0n) is 18.5. The molecule has 0 aromatic heterocycles. The predicted octanol–water partition coefficient (Wildman–Crippen LogP) is 4.79. The molecule has 36 heavy (non-hydrogen) atoms. The van der Waals surface area contributed by atoms with Crippen molar-refractivity contribution in [3.8, 4) is 5.75 Å². The Labute approximate surface area is 209 Å². The highest BCUT2D eigenvalue weighted by Gasteiger charge is 2.30. The molecule has 0 radical (unpaired) electrons. The Morgan fingerprint density at radius 1 is 1.00 bits per heavy atom. The van der Waals surface area contributed by atoms with Crippen molar-refractivity contribution in [1.82, 2.24) is 10.7 Å². The molecular weight excluding hydrogens is 496 g/mol. The number of hydrogen-bond acceptors (Lipinski definition) is 4. The van der Waals surface area contributed by atoms with Crippen molar-refractivity contribution in [3.63, 3.8) is 0 Å². The number of rotatable bonds is 8. The first-order valence-electron chi connectivity index (χ1n) is 10.3. The van der Waals surface area contributed by atoms with E-state index in [1.165, 1.54) is 24.5 Å². The molecule has 0 fully saturated rings. The number of hydrazone groups is 1. The summed E-state index contributed by atoms with van der Waals surface area (Å²) in [5.74, 6) is -0.473. The molecule has 12 heteroatoms. The minimum absolute atomic E-state index is 0.191. The number of thiocarbonyl (C=S) groups is 1. The second kappa shape index (κ2) is 12.4. The van der Waals surface area contributed by atoms with Crippen LogP contribution in [0.5, 0.6) is 5.75 Å². The van der Waals surface area contributed by atoms with E-state index in [4.69, 9.17) is 18.0 Å². The van der Waals surface area contributed by atoms with Gasteiger partial charge in [-0.2, -0.15) is 5.10 Å². The highest BCUT2D eigenvalue weighted by molar-refractivity contribution is 7.80. The summed E-state index contributed by atoms with van der Waals surface area (Å²) in [4.78, 5) is 8.06. The van der Waals surface area contributed by atoms with Gasteiger partial charge in [0.1, 0.15) is 23.7 Å². The molecule has 3 aromatic rings. The first kappa shape index (κ1) is 26.3. The van der Waals surface area contributed by atoms with Gasteiger partial charge in [-0.3, -0.25) is 5.43 Å². The van der Waals surface area contributed by atoms with Gasteiger partial charge in [-0.05, 0) is 48.1 Å². The minimum atomic E-state index is -4.75. The van der Waals surface area contributed by atoms with Gasteiger partial charge in [-0.25, -0.2) is 14.4 Å². The third-order valence-electron chi connectivity index (χ3n) is 4.46. The van der Waals surface area contributed by atoms with Crippen molar-refractivity contribution in [2.24, 2.45) is 20.8 Å². The van der Waals surface area contributed by atoms with E-state index in [0.29, 0.717) is 16.8 Å². The highest BCUT2D eigenvalue weighted by atomic mass is 32.1. The fraction of sp³-hybridized carbons (Fsp3) is 0.0833. The summed E-state index contributed by atoms with van der Waals surface area (Å²) in [6.45, 7) is 0.225. The molecule has 186 valence electrons. The lowest BCUT2D eigenvalue weighted by Crippen LogP contribution is -2.31. The van der Waals surface area contributed by atoms with Gasteiger partial charge in [-0.1, -0.05) is 42.5 Å². The van der Waals surface area contributed by atoms with Crippen LogP contribution in [0.25, 0.3) is 0 Å². The summed E-state index contributed by atoms with van der Waals surface area (Å²) in [7, 11) is 0. The lowest BCUT2D eigenvalue weighted by Gasteiger charge is -2.08. The zero-order chi connectivity index (χ0) is 26.0. The summed E-state index contributed by atoms with van der Waals surface area (Å²) < 4.78 is 54.0. The summed E-state index contributed by atoms with van der Waals surface area (Å²) in [5, 5.41) is 7.14. The second-order valence-electron chi connectivity index (χ2n) is 7.07. The molecular formula is C24H20F4N6OS. The lowest BCUT2D eigenvalue weighted by molar-refractivity contribution is -0.274. The van der Waals surface area contributed by atoms with Crippen molar-refractivity contribution in [3.05, 3.63) is 95.3 Å². The molecule has 0 unspecified atom stereocenters. The van der Waals surface area contributed by atoms with Crippen LogP contribution in [0, 0.1) is 5.82 Å². The Bertz CT molecular complexity index is 1260. The van der Waals surface area contributed by atoms with Crippen LogP contribution in [0.15, 0.2) is 87.9 Å². The van der Waals surface area contributed by atoms with E-state index in [1.807, 2.05) is 0 Å². The summed E-state index contributed by atoms with van der Waals surface area (Å²) in [6.07, 6.45) is -2.01. The number of nitrogens with two attached hydrogens (primary N) is 1. The number of alkyl halides is 3. The first-order valence-corrected chi connectivity index (χ1v) is 10.7. The zero-order valence-corrected chi connectivity index (χ0v) is 19.4. The summed E-state index contributed by atoms with van der Waals surface area (Å²) >= 11 is 5.12. The molecule has 0 saturated heterocycles. The molecule has 0 aliphatic heterocycles. The molecule has 3 rings (SSSR count). The monoisotopic (exact) mass is 516 g/mol. The van der Waals surface area contributed by atoms with Gasteiger partial charge in [0.2, 0.25) is 0 Å². The highest BCUT2D eigenvalue weighted by Crippen LogP contribution is 2.24. The number of benzene rings is 3. The SMILES string of the molecule is NC(=NC=Nc1ccc(OC(F)(F)F)cc1)c1ccc(/C=N/NC(=S)NCc2ccccc2F)cc1. The van der Waals surface area contributed by atoms with Crippen LogP contribution in [-0.4, -0.2) is 29.9 Å². The third kappa shape index (κ3) is 8.80. The maximum atomic E-state index is 13.6. The fourth-order valence-electron chi connectivity index (χ4n) is 2.73. The molecule has 0 amide bonds. The van der Waals surface area contributed by atoms with Crippen molar-refractivity contribution < 1.29 is 22.3 Å². The van der Waals surface area contributed by atoms with Crippen LogP contribution in [0.4, 0.5) is 23.2 Å². The largest absolute Gasteiger partial charge is 0.573 e. The predicted molar refractivity (Wildman–Crippen MR) is 135 cm³/mol. The van der Waals surface area contributed by atoms with Gasteiger partial charge in [0.25, 0.3) is 0 Å². The van der Waals surface area contributed by atoms with Crippen LogP contribution in [0.3, 0.4) is 0 Å². The average molecular weight is 517 g/mol. The number of nitrogens with zero attached hydrogens (tertiary/aromatic N) is 3. The number of halogens is 4. The molecule has 7 nitrogen and oxygen atoms in total. The van der Waals surface area contributed by atoms with Crippen molar-refractivity contribution in [2.75, 3.05) is 0 Å². The van der Waals surface area contributed by atoms with E-state index < -0.39 is 6.36 Å². The number of aliphatic imine (C=N–C) groups is 2. The lowest BCUT2D eigenvalue weighted by atomic mass is 10.1. The van der Waals surface area contributed by atoms with E-state index in [9.17, 15) is 17.6 Å². The smallest absolute Gasteiger partial charge is 0.406 e. The third-order valence-corrected chi connectivity index (χ3v) is 4.69. The molecule has 0 heterocycles. The molecule has 0 bridgehead atoms. The maximum absolute atomic E-state index is 13.6. The Morgan fingerprint density at radius 2 is 1.69 bits per heavy atom. The van der Waals surface area contributed by atoms with Gasteiger partial charge in [0.15, 0.2) is 5.11 Å². The van der Waals surface area contributed by atoms with Crippen LogP contribution in [0.2, 0.25) is 0 Å². The van der Waals surface area contributed by atoms with Crippen molar-refractivity contribution in [2.45, 2.75) is 12.9 Å². The molecule has 0 saturated carbocycles. The minimum Gasteiger partial charge on any atom is -0.406 e. The normalized spacial score (nSPS) is 12.2. The molecule has 3 aromatic carbocycles. The Hall–Kier alpha value is -4.32. The number of hydrogen-bond donors (Lipinski definition) is 3. The first-order chi connectivity index (χ1) is 17.2. The van der Waals surface area contributed by atoms with Gasteiger partial charge < -0.3 is 15.8 Å². The van der Waals surface area contributed by atoms with Crippen LogP contribution < -0.4 is 21.2 Å². The summed E-state index contributed by atoms with van der Waals surface area (Å²) in [5.41, 5.74) is 10.8. The molecule has 0 atom stereocenters. The Morgan fingerprint density at radius 3 is 2.36 bits per heavy atom. The number of ether oxygens (including phenoxy) is 1. The van der Waals surface area contributed by atoms with Gasteiger partial charge in [0, 0.05) is 17.7 Å². The summed E-state index contributed by atoms with van der Waals surface area (Å²) in [6, 6.07) is 18.4. The van der Waals surface area contributed by atoms with Crippen molar-refractivity contribution >= 4 is 41.4 Å². The Kier molecular flexibility index (Phi) is 9.06. The van der Waals surface area contributed by atoms with Gasteiger partial charge >= 0.3 is 6.36 Å². The van der Waals surface area contributed by atoms with E-state index >= 15 is 0 Å². The van der Waals surface area contributed by atoms with Gasteiger partial charge in [0.05, 0.1) is 11.9 Å². The van der Waals surface area contributed by atoms with Crippen molar-refractivity contribution in [1.29, 1.82) is 0 Å². The molecule has 0 aliphatic rings. The fourth-order valence-corrected chi connectivity index (χ4v) is 2.85. The molecule has 4 N–H and O–H groups in total. The van der Waals surface area contributed by atoms with E-state index in [0.717, 1.165) is 17.7 Å². The molecule has 0 aliphatic carbocycles. The number of amidine groups is 1. The number of nitrogens with one attached hydrogen (secondary N) is 2. The average Bonchev–Trinajstić information content (AvgIpc) is 2.84. The van der Waals surface area contributed by atoms with E-state index in [1.54, 1.807) is 48.7 Å². The quantitative estimate of drug-likeness (QED) is 0.132. The molecule has 0 spiro atoms. The van der Waals surface area contributed by atoms with Crippen LogP contribution in [-0.2, 0) is 6.54 Å². The second-order valence-corrected chi connectivity index (χ2v) is 7.47. The van der Waals surface area contributed by atoms with Crippen LogP contribution >= 0.6 is 12.2 Å². The standard InChI is InChI=1S/C24H20F4N6OS/c25-21-4-2-1-3-18(21)14-30-23(36)34-33-13-16-5-7-17(8-6-16)22(29)32-15-31-19-9-11-20(12-10-19)35-24(26,27)28/h1-13,15H,14H2,(H2,29,31,32)(H2,30,34,36)/b33-13+. The van der Waals surface area contributed by atoms with Crippen LogP contribution in [0.1, 0.15) is 16.7 Å². The van der Waals surface area contributed by atoms with E-state index in [-0.39, 0.29) is 29.1 Å².